The quantitative estimate of drug-likeness (QED) is 0.733. The van der Waals surface area contributed by atoms with Crippen molar-refractivity contribution in [1.29, 1.82) is 0 Å². The molecule has 0 atom stereocenters. The van der Waals surface area contributed by atoms with E-state index >= 15 is 0 Å². The number of aryl methyl sites for hydroxylation is 1. The van der Waals surface area contributed by atoms with Crippen molar-refractivity contribution in [1.82, 2.24) is 4.98 Å². The van der Waals surface area contributed by atoms with Crippen LogP contribution in [0.15, 0.2) is 30.3 Å². The molecule has 0 fully saturated rings. The van der Waals surface area contributed by atoms with Crippen LogP contribution in [0.2, 0.25) is 5.02 Å². The highest BCUT2D eigenvalue weighted by Crippen LogP contribution is 2.30. The van der Waals surface area contributed by atoms with E-state index in [2.05, 4.69) is 4.98 Å². The lowest BCUT2D eigenvalue weighted by atomic mass is 10.1. The molecule has 1 heterocycles. The van der Waals surface area contributed by atoms with E-state index in [9.17, 15) is 8.78 Å². The summed E-state index contributed by atoms with van der Waals surface area (Å²) < 4.78 is 26.4. The van der Waals surface area contributed by atoms with Gasteiger partial charge in [0.2, 0.25) is 0 Å². The molecule has 0 bridgehead atoms. The van der Waals surface area contributed by atoms with Gasteiger partial charge in [0.25, 0.3) is 0 Å². The van der Waals surface area contributed by atoms with Crippen LogP contribution >= 0.6 is 11.6 Å². The maximum absolute atomic E-state index is 13.6. The molecule has 0 aliphatic heterocycles. The summed E-state index contributed by atoms with van der Waals surface area (Å²) in [7, 11) is 0. The van der Waals surface area contributed by atoms with Crippen molar-refractivity contribution in [3.63, 3.8) is 0 Å². The Balaban J connectivity index is 2.64. The van der Waals surface area contributed by atoms with Gasteiger partial charge in [-0.1, -0.05) is 17.7 Å². The highest BCUT2D eigenvalue weighted by atomic mass is 35.5. The third-order valence-electron chi connectivity index (χ3n) is 2.15. The van der Waals surface area contributed by atoms with Crippen molar-refractivity contribution >= 4 is 11.6 Å². The van der Waals surface area contributed by atoms with Crippen LogP contribution in [0.1, 0.15) is 5.69 Å². The van der Waals surface area contributed by atoms with E-state index in [1.165, 1.54) is 0 Å². The van der Waals surface area contributed by atoms with Crippen LogP contribution in [0.4, 0.5) is 8.78 Å². The summed E-state index contributed by atoms with van der Waals surface area (Å²) in [6, 6.07) is 7.04. The zero-order valence-electron chi connectivity index (χ0n) is 8.47. The Morgan fingerprint density at radius 1 is 1.19 bits per heavy atom. The minimum Gasteiger partial charge on any atom is -0.253 e. The SMILES string of the molecule is Cc1cccc(-c2c(F)cc(F)cc2Cl)n1. The molecule has 2 aromatic rings. The van der Waals surface area contributed by atoms with E-state index in [1.807, 2.05) is 0 Å². The second-order valence-electron chi connectivity index (χ2n) is 3.41. The molecule has 1 nitrogen and oxygen atoms in total. The molecule has 0 N–H and O–H groups in total. The van der Waals surface area contributed by atoms with E-state index in [-0.39, 0.29) is 10.6 Å². The summed E-state index contributed by atoms with van der Waals surface area (Å²) in [5.41, 5.74) is 1.28. The number of benzene rings is 1. The zero-order chi connectivity index (χ0) is 11.7. The van der Waals surface area contributed by atoms with Crippen LogP contribution in [-0.2, 0) is 0 Å². The van der Waals surface area contributed by atoms with Crippen molar-refractivity contribution in [2.24, 2.45) is 0 Å². The Kier molecular flexibility index (Phi) is 2.88. The first-order chi connectivity index (χ1) is 7.58. The van der Waals surface area contributed by atoms with Crippen molar-refractivity contribution in [2.45, 2.75) is 6.92 Å². The van der Waals surface area contributed by atoms with E-state index in [4.69, 9.17) is 11.6 Å². The van der Waals surface area contributed by atoms with Crippen molar-refractivity contribution < 1.29 is 8.78 Å². The average molecular weight is 240 g/mol. The molecule has 0 saturated heterocycles. The van der Waals surface area contributed by atoms with Gasteiger partial charge in [0.1, 0.15) is 11.6 Å². The van der Waals surface area contributed by atoms with Gasteiger partial charge in [-0.05, 0) is 25.1 Å². The van der Waals surface area contributed by atoms with Crippen molar-refractivity contribution in [3.8, 4) is 11.3 Å². The second kappa shape index (κ2) is 4.18. The third-order valence-corrected chi connectivity index (χ3v) is 2.45. The van der Waals surface area contributed by atoms with E-state index in [1.54, 1.807) is 25.1 Å². The topological polar surface area (TPSA) is 12.9 Å². The highest BCUT2D eigenvalue weighted by Gasteiger charge is 2.13. The molecule has 0 saturated carbocycles. The zero-order valence-corrected chi connectivity index (χ0v) is 9.22. The fourth-order valence-electron chi connectivity index (χ4n) is 1.47. The van der Waals surface area contributed by atoms with E-state index < -0.39 is 11.6 Å². The molecule has 0 spiro atoms. The fourth-order valence-corrected chi connectivity index (χ4v) is 1.76. The smallest absolute Gasteiger partial charge is 0.137 e. The summed E-state index contributed by atoms with van der Waals surface area (Å²) in [5, 5.41) is 0.0237. The lowest BCUT2D eigenvalue weighted by Crippen LogP contribution is -1.92. The Morgan fingerprint density at radius 3 is 2.56 bits per heavy atom. The largest absolute Gasteiger partial charge is 0.253 e. The monoisotopic (exact) mass is 239 g/mol. The van der Waals surface area contributed by atoms with Gasteiger partial charge in [-0.3, -0.25) is 4.98 Å². The van der Waals surface area contributed by atoms with Gasteiger partial charge >= 0.3 is 0 Å². The summed E-state index contributed by atoms with van der Waals surface area (Å²) in [6.07, 6.45) is 0. The molecule has 4 heteroatoms. The van der Waals surface area contributed by atoms with Crippen LogP contribution in [0.5, 0.6) is 0 Å². The number of hydrogen-bond acceptors (Lipinski definition) is 1. The minimum atomic E-state index is -0.705. The minimum absolute atomic E-state index is 0.0237. The maximum Gasteiger partial charge on any atom is 0.137 e. The normalized spacial score (nSPS) is 10.5. The predicted octanol–water partition coefficient (Wildman–Crippen LogP) is 3.99. The van der Waals surface area contributed by atoms with Crippen LogP contribution in [-0.4, -0.2) is 4.98 Å². The van der Waals surface area contributed by atoms with Gasteiger partial charge in [0.05, 0.1) is 16.3 Å². The van der Waals surface area contributed by atoms with Gasteiger partial charge in [0, 0.05) is 11.8 Å². The molecule has 82 valence electrons. The number of hydrogen-bond donors (Lipinski definition) is 0. The summed E-state index contributed by atoms with van der Waals surface area (Å²) in [6.45, 7) is 1.79. The predicted molar refractivity (Wildman–Crippen MR) is 59.3 cm³/mol. The fraction of sp³-hybridized carbons (Fsp3) is 0.0833. The molecule has 0 unspecified atom stereocenters. The maximum atomic E-state index is 13.6. The molecule has 2 rings (SSSR count). The standard InChI is InChI=1S/C12H8ClF2N/c1-7-3-2-4-11(16-7)12-9(13)5-8(14)6-10(12)15/h2-6H,1H3. The first kappa shape index (κ1) is 11.0. The summed E-state index contributed by atoms with van der Waals surface area (Å²) >= 11 is 5.80. The highest BCUT2D eigenvalue weighted by molar-refractivity contribution is 6.33. The summed E-state index contributed by atoms with van der Waals surface area (Å²) in [5.74, 6) is -1.40. The molecule has 16 heavy (non-hydrogen) atoms. The number of nitrogens with zero attached hydrogens (tertiary/aromatic N) is 1. The molecular formula is C12H8ClF2N. The summed E-state index contributed by atoms with van der Waals surface area (Å²) in [4.78, 5) is 4.15. The number of pyridine rings is 1. The average Bonchev–Trinajstić information content (AvgIpc) is 2.15. The number of aromatic nitrogens is 1. The Bertz CT molecular complexity index is 517. The van der Waals surface area contributed by atoms with Crippen molar-refractivity contribution in [2.75, 3.05) is 0 Å². The second-order valence-corrected chi connectivity index (χ2v) is 3.82. The number of rotatable bonds is 1. The molecular weight excluding hydrogens is 232 g/mol. The molecule has 1 aromatic carbocycles. The van der Waals surface area contributed by atoms with Crippen LogP contribution in [0.3, 0.4) is 0 Å². The molecule has 0 radical (unpaired) electrons. The van der Waals surface area contributed by atoms with E-state index in [0.717, 1.165) is 17.8 Å². The lowest BCUT2D eigenvalue weighted by Gasteiger charge is -2.06. The lowest BCUT2D eigenvalue weighted by molar-refractivity contribution is 0.585. The van der Waals surface area contributed by atoms with Gasteiger partial charge in [-0.25, -0.2) is 8.78 Å². The van der Waals surface area contributed by atoms with Crippen LogP contribution in [0, 0.1) is 18.6 Å². The van der Waals surface area contributed by atoms with Crippen LogP contribution in [0.25, 0.3) is 11.3 Å². The third kappa shape index (κ3) is 2.04. The van der Waals surface area contributed by atoms with Crippen LogP contribution < -0.4 is 0 Å². The first-order valence-electron chi connectivity index (χ1n) is 4.66. The van der Waals surface area contributed by atoms with Gasteiger partial charge in [-0.2, -0.15) is 0 Å². The van der Waals surface area contributed by atoms with Gasteiger partial charge in [0.15, 0.2) is 0 Å². The molecule has 0 amide bonds. The Hall–Kier alpha value is -1.48. The Morgan fingerprint density at radius 2 is 1.94 bits per heavy atom. The van der Waals surface area contributed by atoms with Gasteiger partial charge < -0.3 is 0 Å². The number of halogens is 3. The molecule has 0 aliphatic carbocycles. The Labute approximate surface area is 96.7 Å². The van der Waals surface area contributed by atoms with Gasteiger partial charge in [-0.15, -0.1) is 0 Å². The first-order valence-corrected chi connectivity index (χ1v) is 5.04. The van der Waals surface area contributed by atoms with Crippen molar-refractivity contribution in [3.05, 3.63) is 52.7 Å². The molecule has 1 aromatic heterocycles. The molecule has 0 aliphatic rings. The van der Waals surface area contributed by atoms with E-state index in [0.29, 0.717) is 5.69 Å².